The lowest BCUT2D eigenvalue weighted by Gasteiger charge is -2.19. The molecule has 0 fully saturated rings. The van der Waals surface area contributed by atoms with E-state index in [9.17, 15) is 19.8 Å². The maximum absolute atomic E-state index is 10.9. The Balaban J connectivity index is 2.12. The molecule has 34 heavy (non-hydrogen) atoms. The Kier molecular flexibility index (Phi) is 9.89. The number of esters is 2. The van der Waals surface area contributed by atoms with Crippen molar-refractivity contribution in [3.63, 3.8) is 0 Å². The van der Waals surface area contributed by atoms with Gasteiger partial charge in [0, 0.05) is 13.8 Å². The number of aryl methyl sites for hydroxylation is 4. The van der Waals surface area contributed by atoms with Crippen molar-refractivity contribution in [3.05, 3.63) is 46.5 Å². The summed E-state index contributed by atoms with van der Waals surface area (Å²) >= 11 is 0. The second-order valence-corrected chi connectivity index (χ2v) is 8.41. The van der Waals surface area contributed by atoms with Crippen LogP contribution < -0.4 is 9.47 Å². The fourth-order valence-corrected chi connectivity index (χ4v) is 3.57. The summed E-state index contributed by atoms with van der Waals surface area (Å²) in [5, 5.41) is 19.9. The van der Waals surface area contributed by atoms with E-state index in [0.29, 0.717) is 11.5 Å². The van der Waals surface area contributed by atoms with Crippen LogP contribution in [0.3, 0.4) is 0 Å². The number of aliphatic hydroxyl groups excluding tert-OH is 2. The first-order valence-electron chi connectivity index (χ1n) is 11.1. The van der Waals surface area contributed by atoms with Gasteiger partial charge in [0.05, 0.1) is 0 Å². The minimum absolute atomic E-state index is 0.0157. The Labute approximate surface area is 200 Å². The summed E-state index contributed by atoms with van der Waals surface area (Å²) in [5.74, 6) is 0.466. The number of hydrogen-bond donors (Lipinski definition) is 2. The third kappa shape index (κ3) is 8.04. The van der Waals surface area contributed by atoms with E-state index >= 15 is 0 Å². The second-order valence-electron chi connectivity index (χ2n) is 8.41. The number of rotatable bonds is 11. The predicted molar refractivity (Wildman–Crippen MR) is 127 cm³/mol. The van der Waals surface area contributed by atoms with Crippen LogP contribution in [0.5, 0.6) is 11.5 Å². The summed E-state index contributed by atoms with van der Waals surface area (Å²) in [7, 11) is 0. The largest absolute Gasteiger partial charge is 0.490 e. The van der Waals surface area contributed by atoms with Crippen LogP contribution in [-0.4, -0.2) is 60.8 Å². The average molecular weight is 475 g/mol. The number of carbonyl (C=O) groups is 2. The summed E-state index contributed by atoms with van der Waals surface area (Å²) in [6.45, 7) is 10.1. The Morgan fingerprint density at radius 3 is 1.21 bits per heavy atom. The Morgan fingerprint density at radius 2 is 0.941 bits per heavy atom. The molecule has 8 heteroatoms. The van der Waals surface area contributed by atoms with E-state index in [1.54, 1.807) is 0 Å². The number of aliphatic hydroxyl groups is 2. The van der Waals surface area contributed by atoms with Crippen LogP contribution in [0.4, 0.5) is 0 Å². The summed E-state index contributed by atoms with van der Waals surface area (Å²) in [6, 6.07) is 8.05. The summed E-state index contributed by atoms with van der Waals surface area (Å²) in [6.07, 6.45) is -1.82. The first-order chi connectivity index (χ1) is 16.0. The van der Waals surface area contributed by atoms with E-state index in [1.165, 1.54) is 13.8 Å². The molecule has 2 unspecified atom stereocenters. The van der Waals surface area contributed by atoms with Gasteiger partial charge < -0.3 is 29.2 Å². The third-order valence-electron chi connectivity index (χ3n) is 5.05. The number of benzene rings is 2. The van der Waals surface area contributed by atoms with Crippen molar-refractivity contribution in [2.75, 3.05) is 26.4 Å². The van der Waals surface area contributed by atoms with Gasteiger partial charge in [-0.3, -0.25) is 9.59 Å². The highest BCUT2D eigenvalue weighted by molar-refractivity contribution is 5.70. The highest BCUT2D eigenvalue weighted by atomic mass is 16.6. The first-order valence-corrected chi connectivity index (χ1v) is 11.1. The minimum Gasteiger partial charge on any atom is -0.490 e. The van der Waals surface area contributed by atoms with Crippen LogP contribution in [0.25, 0.3) is 11.1 Å². The van der Waals surface area contributed by atoms with Crippen molar-refractivity contribution in [2.45, 2.75) is 53.8 Å². The van der Waals surface area contributed by atoms with Crippen LogP contribution in [0.2, 0.25) is 0 Å². The molecule has 0 spiro atoms. The van der Waals surface area contributed by atoms with E-state index in [-0.39, 0.29) is 26.4 Å². The molecule has 0 amide bonds. The van der Waals surface area contributed by atoms with Gasteiger partial charge in [0.1, 0.15) is 50.1 Å². The Bertz CT molecular complexity index is 886. The van der Waals surface area contributed by atoms with Crippen LogP contribution >= 0.6 is 0 Å². The molecule has 8 nitrogen and oxygen atoms in total. The zero-order valence-corrected chi connectivity index (χ0v) is 20.6. The van der Waals surface area contributed by atoms with Crippen LogP contribution in [0.15, 0.2) is 24.3 Å². The van der Waals surface area contributed by atoms with Crippen LogP contribution in [-0.2, 0) is 19.1 Å². The van der Waals surface area contributed by atoms with Gasteiger partial charge in [-0.1, -0.05) is 0 Å². The molecule has 0 saturated heterocycles. The van der Waals surface area contributed by atoms with Gasteiger partial charge in [-0.05, 0) is 85.3 Å². The van der Waals surface area contributed by atoms with E-state index < -0.39 is 24.1 Å². The van der Waals surface area contributed by atoms with Crippen molar-refractivity contribution in [1.82, 2.24) is 0 Å². The second kappa shape index (κ2) is 12.4. The molecule has 2 atom stereocenters. The van der Waals surface area contributed by atoms with E-state index in [2.05, 4.69) is 0 Å². The average Bonchev–Trinajstić information content (AvgIpc) is 2.74. The molecule has 0 bridgehead atoms. The molecule has 0 aromatic heterocycles. The summed E-state index contributed by atoms with van der Waals surface area (Å²) in [5.41, 5.74) is 5.68. The lowest BCUT2D eigenvalue weighted by atomic mass is 9.96. The monoisotopic (exact) mass is 474 g/mol. The molecular weight excluding hydrogens is 440 g/mol. The van der Waals surface area contributed by atoms with Gasteiger partial charge in [-0.15, -0.1) is 0 Å². The van der Waals surface area contributed by atoms with Gasteiger partial charge >= 0.3 is 11.9 Å². The molecular formula is C26H34O8. The molecule has 0 radical (unpaired) electrons. The lowest BCUT2D eigenvalue weighted by molar-refractivity contribution is -0.145. The molecule has 0 aliphatic heterocycles. The Morgan fingerprint density at radius 1 is 0.647 bits per heavy atom. The SMILES string of the molecule is CC(=O)OCC(O)COc1c(C)cc(-c2cc(C)c(OCC(O)COC(C)=O)c(C)c2)cc1C. The number of hydrogen-bond acceptors (Lipinski definition) is 8. The topological polar surface area (TPSA) is 112 Å². The van der Waals surface area contributed by atoms with Gasteiger partial charge in [0.25, 0.3) is 0 Å². The quantitative estimate of drug-likeness (QED) is 0.478. The van der Waals surface area contributed by atoms with Gasteiger partial charge in [-0.25, -0.2) is 0 Å². The Hall–Kier alpha value is -3.10. The first kappa shape index (κ1) is 27.1. The standard InChI is InChI=1S/C26H34O8/c1-15-7-21(8-16(2)25(15)33-13-23(29)11-31-19(5)27)22-9-17(3)26(18(4)10-22)34-14-24(30)12-32-20(6)28/h7-10,23-24,29-30H,11-14H2,1-6H3. The van der Waals surface area contributed by atoms with Crippen molar-refractivity contribution >= 4 is 11.9 Å². The molecule has 0 aliphatic carbocycles. The maximum Gasteiger partial charge on any atom is 0.302 e. The van der Waals surface area contributed by atoms with Crippen molar-refractivity contribution in [3.8, 4) is 22.6 Å². The molecule has 0 aliphatic rings. The zero-order valence-electron chi connectivity index (χ0n) is 20.6. The summed E-state index contributed by atoms with van der Waals surface area (Å²) in [4.78, 5) is 21.8. The number of ether oxygens (including phenoxy) is 4. The molecule has 2 aromatic rings. The fraction of sp³-hybridized carbons (Fsp3) is 0.462. The molecule has 0 heterocycles. The van der Waals surface area contributed by atoms with Crippen LogP contribution in [0.1, 0.15) is 36.1 Å². The highest BCUT2D eigenvalue weighted by Crippen LogP contribution is 2.34. The zero-order chi connectivity index (χ0) is 25.4. The van der Waals surface area contributed by atoms with Gasteiger partial charge in [0.15, 0.2) is 0 Å². The number of carbonyl (C=O) groups excluding carboxylic acids is 2. The lowest BCUT2D eigenvalue weighted by Crippen LogP contribution is -2.25. The highest BCUT2D eigenvalue weighted by Gasteiger charge is 2.15. The fourth-order valence-electron chi connectivity index (χ4n) is 3.57. The van der Waals surface area contributed by atoms with Gasteiger partial charge in [-0.2, -0.15) is 0 Å². The molecule has 186 valence electrons. The van der Waals surface area contributed by atoms with Crippen molar-refractivity contribution in [2.24, 2.45) is 0 Å². The molecule has 2 aromatic carbocycles. The normalized spacial score (nSPS) is 12.6. The smallest absolute Gasteiger partial charge is 0.302 e. The molecule has 0 saturated carbocycles. The van der Waals surface area contributed by atoms with Crippen molar-refractivity contribution < 1.29 is 38.7 Å². The summed E-state index contributed by atoms with van der Waals surface area (Å²) < 4.78 is 21.2. The maximum atomic E-state index is 10.9. The van der Waals surface area contributed by atoms with E-state index in [1.807, 2.05) is 52.0 Å². The van der Waals surface area contributed by atoms with E-state index in [4.69, 9.17) is 18.9 Å². The van der Waals surface area contributed by atoms with Crippen molar-refractivity contribution in [1.29, 1.82) is 0 Å². The van der Waals surface area contributed by atoms with Gasteiger partial charge in [0.2, 0.25) is 0 Å². The minimum atomic E-state index is -0.909. The molecule has 2 rings (SSSR count). The molecule has 2 N–H and O–H groups in total. The predicted octanol–water partition coefficient (Wildman–Crippen LogP) is 3.19. The van der Waals surface area contributed by atoms with Crippen LogP contribution in [0, 0.1) is 27.7 Å². The van der Waals surface area contributed by atoms with E-state index in [0.717, 1.165) is 33.4 Å². The third-order valence-corrected chi connectivity index (χ3v) is 5.05.